The van der Waals surface area contributed by atoms with E-state index in [1.807, 2.05) is 11.8 Å². The van der Waals surface area contributed by atoms with Crippen molar-refractivity contribution in [3.63, 3.8) is 0 Å². The average molecular weight is 446 g/mol. The number of benzene rings is 1. The molecule has 0 unspecified atom stereocenters. The third-order valence-corrected chi connectivity index (χ3v) is 6.26. The van der Waals surface area contributed by atoms with Crippen LogP contribution in [0.3, 0.4) is 0 Å². The first-order valence-electron chi connectivity index (χ1n) is 11.4. The summed E-state index contributed by atoms with van der Waals surface area (Å²) in [4.78, 5) is 41.6. The zero-order valence-electron chi connectivity index (χ0n) is 19.7. The lowest BCUT2D eigenvalue weighted by Gasteiger charge is -2.36. The smallest absolute Gasteiger partial charge is 0.257 e. The summed E-state index contributed by atoms with van der Waals surface area (Å²) in [6.07, 6.45) is 2.01. The number of hydrogen-bond acceptors (Lipinski definition) is 5. The highest BCUT2D eigenvalue weighted by molar-refractivity contribution is 5.98. The minimum absolute atomic E-state index is 0.0472. The van der Waals surface area contributed by atoms with Gasteiger partial charge in [0.2, 0.25) is 11.8 Å². The van der Waals surface area contributed by atoms with Gasteiger partial charge in [-0.2, -0.15) is 0 Å². The molecule has 8 nitrogen and oxygen atoms in total. The van der Waals surface area contributed by atoms with Gasteiger partial charge >= 0.3 is 0 Å². The predicted molar refractivity (Wildman–Crippen MR) is 122 cm³/mol. The average Bonchev–Trinajstić information content (AvgIpc) is 3.63. The highest BCUT2D eigenvalue weighted by Gasteiger charge is 2.37. The number of ether oxygens (including phenoxy) is 2. The molecule has 1 heterocycles. The van der Waals surface area contributed by atoms with Crippen molar-refractivity contribution in [1.29, 1.82) is 0 Å². The van der Waals surface area contributed by atoms with Gasteiger partial charge in [0.15, 0.2) is 0 Å². The monoisotopic (exact) mass is 445 g/mol. The lowest BCUT2D eigenvalue weighted by Crippen LogP contribution is -2.49. The molecule has 0 spiro atoms. The highest BCUT2D eigenvalue weighted by atomic mass is 16.5. The normalized spacial score (nSPS) is 24.7. The van der Waals surface area contributed by atoms with E-state index < -0.39 is 0 Å². The van der Waals surface area contributed by atoms with Crippen LogP contribution in [0, 0.1) is 11.8 Å². The molecule has 1 saturated carbocycles. The number of rotatable bonds is 4. The number of fused-ring (bicyclic) bond motifs is 1. The molecule has 1 aliphatic heterocycles. The van der Waals surface area contributed by atoms with E-state index in [9.17, 15) is 14.4 Å². The Morgan fingerprint density at radius 1 is 1.22 bits per heavy atom. The first-order valence-corrected chi connectivity index (χ1v) is 11.4. The van der Waals surface area contributed by atoms with Gasteiger partial charge in [-0.25, -0.2) is 0 Å². The lowest BCUT2D eigenvalue weighted by atomic mass is 10.0. The zero-order valence-corrected chi connectivity index (χ0v) is 19.7. The van der Waals surface area contributed by atoms with Crippen LogP contribution in [0.25, 0.3) is 0 Å². The van der Waals surface area contributed by atoms with Crippen molar-refractivity contribution in [3.8, 4) is 5.75 Å². The maximum Gasteiger partial charge on any atom is 0.257 e. The largest absolute Gasteiger partial charge is 0.491 e. The molecule has 2 aliphatic rings. The number of carbonyl (C=O) groups excluding carboxylic acids is 3. The van der Waals surface area contributed by atoms with E-state index in [-0.39, 0.29) is 48.3 Å². The van der Waals surface area contributed by atoms with Gasteiger partial charge in [0.25, 0.3) is 5.91 Å². The summed E-state index contributed by atoms with van der Waals surface area (Å²) in [6, 6.07) is 4.89. The van der Waals surface area contributed by atoms with Crippen LogP contribution in [0.1, 0.15) is 50.4 Å². The number of anilines is 1. The molecule has 0 bridgehead atoms. The van der Waals surface area contributed by atoms with Gasteiger partial charge in [-0.1, -0.05) is 13.8 Å². The van der Waals surface area contributed by atoms with Gasteiger partial charge in [0, 0.05) is 57.3 Å². The number of nitrogens with zero attached hydrogens (tertiary/aromatic N) is 2. The van der Waals surface area contributed by atoms with Gasteiger partial charge < -0.3 is 24.6 Å². The Morgan fingerprint density at radius 2 is 1.94 bits per heavy atom. The van der Waals surface area contributed by atoms with Crippen LogP contribution in [0.5, 0.6) is 5.75 Å². The minimum atomic E-state index is -0.211. The molecule has 1 fully saturated rings. The molecular formula is C24H35N3O5. The summed E-state index contributed by atoms with van der Waals surface area (Å²) in [5, 5.41) is 2.81. The van der Waals surface area contributed by atoms with Crippen LogP contribution in [-0.2, 0) is 14.3 Å². The molecule has 1 aliphatic carbocycles. The van der Waals surface area contributed by atoms with Crippen molar-refractivity contribution in [1.82, 2.24) is 9.80 Å². The van der Waals surface area contributed by atoms with E-state index in [1.54, 1.807) is 44.2 Å². The fraction of sp³-hybridized carbons (Fsp3) is 0.625. The molecule has 0 saturated heterocycles. The second-order valence-electron chi connectivity index (χ2n) is 8.97. The Morgan fingerprint density at radius 3 is 2.56 bits per heavy atom. The fourth-order valence-electron chi connectivity index (χ4n) is 3.97. The highest BCUT2D eigenvalue weighted by Crippen LogP contribution is 2.33. The van der Waals surface area contributed by atoms with Crippen LogP contribution in [0.15, 0.2) is 18.2 Å². The Bertz CT molecular complexity index is 854. The molecule has 3 atom stereocenters. The zero-order chi connectivity index (χ0) is 23.4. The Balaban J connectivity index is 1.94. The molecule has 176 valence electrons. The van der Waals surface area contributed by atoms with Crippen LogP contribution in [0.2, 0.25) is 0 Å². The molecule has 3 rings (SSSR count). The van der Waals surface area contributed by atoms with Crippen LogP contribution >= 0.6 is 0 Å². The van der Waals surface area contributed by atoms with Crippen molar-refractivity contribution in [2.75, 3.05) is 39.2 Å². The standard InChI is InChI=1S/C24H35N3O5/c1-6-22(28)25-18-9-10-19-20(11-18)32-14-16(3)27(23(29)17-7-8-17)12-15(2)21(31-5)13-26(4)24(19)30/h9-11,15-17,21H,6-8,12-14H2,1-5H3,(H,25,28)/t15-,16-,21+/m1/s1. The van der Waals surface area contributed by atoms with E-state index in [2.05, 4.69) is 12.2 Å². The van der Waals surface area contributed by atoms with E-state index in [4.69, 9.17) is 9.47 Å². The Kier molecular flexibility index (Phi) is 7.77. The van der Waals surface area contributed by atoms with Crippen LogP contribution in [-0.4, -0.2) is 73.5 Å². The summed E-state index contributed by atoms with van der Waals surface area (Å²) >= 11 is 0. The van der Waals surface area contributed by atoms with Crippen LogP contribution in [0.4, 0.5) is 5.69 Å². The van der Waals surface area contributed by atoms with Crippen LogP contribution < -0.4 is 10.1 Å². The Labute approximate surface area is 190 Å². The molecule has 8 heteroatoms. The summed E-state index contributed by atoms with van der Waals surface area (Å²) < 4.78 is 11.8. The summed E-state index contributed by atoms with van der Waals surface area (Å²) in [5.41, 5.74) is 0.984. The molecule has 1 aromatic rings. The molecular weight excluding hydrogens is 410 g/mol. The van der Waals surface area contributed by atoms with E-state index in [0.717, 1.165) is 12.8 Å². The second kappa shape index (κ2) is 10.3. The maximum absolute atomic E-state index is 13.2. The van der Waals surface area contributed by atoms with E-state index in [0.29, 0.717) is 36.5 Å². The van der Waals surface area contributed by atoms with Gasteiger partial charge in [0.05, 0.1) is 17.7 Å². The van der Waals surface area contributed by atoms with Gasteiger partial charge in [-0.3, -0.25) is 14.4 Å². The molecule has 0 radical (unpaired) electrons. The summed E-state index contributed by atoms with van der Waals surface area (Å²) in [7, 11) is 3.38. The molecule has 1 aromatic carbocycles. The SMILES string of the molecule is CCC(=O)Nc1ccc2c(c1)OC[C@@H](C)N(C(=O)C1CC1)C[C@@H](C)[C@@H](OC)CN(C)C2=O. The number of nitrogens with one attached hydrogen (secondary N) is 1. The van der Waals surface area contributed by atoms with Gasteiger partial charge in [0.1, 0.15) is 12.4 Å². The number of hydrogen-bond donors (Lipinski definition) is 1. The van der Waals surface area contributed by atoms with Crippen molar-refractivity contribution in [3.05, 3.63) is 23.8 Å². The number of amides is 3. The van der Waals surface area contributed by atoms with Crippen molar-refractivity contribution < 1.29 is 23.9 Å². The van der Waals surface area contributed by atoms with E-state index >= 15 is 0 Å². The van der Waals surface area contributed by atoms with Gasteiger partial charge in [-0.15, -0.1) is 0 Å². The number of carbonyl (C=O) groups is 3. The topological polar surface area (TPSA) is 88.2 Å². The van der Waals surface area contributed by atoms with Crippen molar-refractivity contribution >= 4 is 23.4 Å². The van der Waals surface area contributed by atoms with Crippen molar-refractivity contribution in [2.45, 2.75) is 52.2 Å². The maximum atomic E-state index is 13.2. The summed E-state index contributed by atoms with van der Waals surface area (Å²) in [6.45, 7) is 6.98. The van der Waals surface area contributed by atoms with Crippen molar-refractivity contribution in [2.24, 2.45) is 11.8 Å². The molecule has 3 amide bonds. The third-order valence-electron chi connectivity index (χ3n) is 6.26. The Hall–Kier alpha value is -2.61. The molecule has 0 aromatic heterocycles. The summed E-state index contributed by atoms with van der Waals surface area (Å²) in [5.74, 6) is 0.407. The van der Waals surface area contributed by atoms with Gasteiger partial charge in [-0.05, 0) is 31.9 Å². The van der Waals surface area contributed by atoms with E-state index in [1.165, 1.54) is 0 Å². The first kappa shape index (κ1) is 24.0. The fourth-order valence-corrected chi connectivity index (χ4v) is 3.97. The lowest BCUT2D eigenvalue weighted by molar-refractivity contribution is -0.136. The number of likely N-dealkylation sites (N-methyl/N-ethyl adjacent to an activating group) is 1. The molecule has 1 N–H and O–H groups in total. The number of methoxy groups -OCH3 is 1. The quantitative estimate of drug-likeness (QED) is 0.770. The second-order valence-corrected chi connectivity index (χ2v) is 8.97. The molecule has 32 heavy (non-hydrogen) atoms. The predicted octanol–water partition coefficient (Wildman–Crippen LogP) is 2.78. The minimum Gasteiger partial charge on any atom is -0.491 e. The third kappa shape index (κ3) is 5.59. The first-order chi connectivity index (χ1) is 15.2.